The van der Waals surface area contributed by atoms with Crippen LogP contribution in [0.25, 0.3) is 0 Å². The van der Waals surface area contributed by atoms with Gasteiger partial charge < -0.3 is 27.6 Å². The van der Waals surface area contributed by atoms with Gasteiger partial charge in [-0.3, -0.25) is 13.9 Å². The molecule has 12 heteroatoms. The Balaban J connectivity index is 6.67. The third-order valence-electron chi connectivity index (χ3n) is 3.18. The van der Waals surface area contributed by atoms with Crippen LogP contribution in [0.2, 0.25) is 0 Å². The molecule has 0 aliphatic rings. The van der Waals surface area contributed by atoms with E-state index in [9.17, 15) is 18.7 Å². The Kier molecular flexibility index (Phi) is 13.6. The monoisotopic (exact) mass is 458 g/mol. The zero-order chi connectivity index (χ0) is 22.5. The van der Waals surface area contributed by atoms with Crippen molar-refractivity contribution in [3.05, 3.63) is 11.4 Å². The summed E-state index contributed by atoms with van der Waals surface area (Å²) in [6.07, 6.45) is 0.897. The van der Waals surface area contributed by atoms with Crippen molar-refractivity contribution in [2.75, 3.05) is 39.6 Å². The van der Waals surface area contributed by atoms with Gasteiger partial charge in [0.05, 0.1) is 39.6 Å². The van der Waals surface area contributed by atoms with Crippen molar-refractivity contribution in [2.45, 2.75) is 47.2 Å². The Morgan fingerprint density at radius 1 is 0.724 bits per heavy atom. The molecule has 29 heavy (non-hydrogen) atoms. The van der Waals surface area contributed by atoms with E-state index in [1.165, 1.54) is 0 Å². The van der Waals surface area contributed by atoms with Gasteiger partial charge >= 0.3 is 27.1 Å². The molecule has 0 saturated heterocycles. The molecular formula is C17H32O10P2. The van der Waals surface area contributed by atoms with Crippen molar-refractivity contribution >= 4 is 27.1 Å². The first-order valence-corrected chi connectivity index (χ1v) is 12.7. The molecule has 0 aromatic rings. The predicted molar refractivity (Wildman–Crippen MR) is 107 cm³/mol. The molecule has 10 nitrogen and oxygen atoms in total. The summed E-state index contributed by atoms with van der Waals surface area (Å²) in [6.45, 7) is 9.12. The summed E-state index contributed by atoms with van der Waals surface area (Å²) in [5, 5.41) is -0.569. The van der Waals surface area contributed by atoms with Gasteiger partial charge in [0.15, 0.2) is 5.66 Å². The topological polar surface area (TPSA) is 124 Å². The maximum atomic E-state index is 13.3. The fraction of sp³-hybridized carbons (Fsp3) is 0.765. The lowest BCUT2D eigenvalue weighted by Gasteiger charge is -2.25. The summed E-state index contributed by atoms with van der Waals surface area (Å²) in [7, 11) is -8.31. The second-order valence-corrected chi connectivity index (χ2v) is 9.32. The highest BCUT2D eigenvalue weighted by Crippen LogP contribution is 2.60. The summed E-state index contributed by atoms with van der Waals surface area (Å²) in [4.78, 5) is 25.1. The van der Waals surface area contributed by atoms with E-state index < -0.39 is 38.1 Å². The van der Waals surface area contributed by atoms with Crippen molar-refractivity contribution in [3.63, 3.8) is 0 Å². The van der Waals surface area contributed by atoms with Crippen molar-refractivity contribution in [3.8, 4) is 0 Å². The normalized spacial score (nSPS) is 13.8. The van der Waals surface area contributed by atoms with Crippen LogP contribution in [0.3, 0.4) is 0 Å². The minimum Gasteiger partial charge on any atom is -0.465 e. The van der Waals surface area contributed by atoms with Crippen LogP contribution >= 0.6 is 15.2 Å². The molecule has 1 unspecified atom stereocenters. The minimum absolute atomic E-state index is 0.0231. The van der Waals surface area contributed by atoms with Crippen molar-refractivity contribution in [2.24, 2.45) is 0 Å². The quantitative estimate of drug-likeness (QED) is 0.203. The van der Waals surface area contributed by atoms with Crippen LogP contribution < -0.4 is 0 Å². The van der Waals surface area contributed by atoms with Crippen LogP contribution in [0.1, 0.15) is 41.5 Å². The number of ether oxygens (including phenoxy) is 2. The van der Waals surface area contributed by atoms with Gasteiger partial charge in [0.2, 0.25) is 0 Å². The summed E-state index contributed by atoms with van der Waals surface area (Å²) >= 11 is 0. The van der Waals surface area contributed by atoms with E-state index in [4.69, 9.17) is 27.6 Å². The molecule has 0 fully saturated rings. The van der Waals surface area contributed by atoms with Crippen LogP contribution in [0.15, 0.2) is 11.4 Å². The van der Waals surface area contributed by atoms with E-state index in [1.807, 2.05) is 0 Å². The maximum absolute atomic E-state index is 13.3. The molecule has 0 radical (unpaired) electrons. The van der Waals surface area contributed by atoms with Gasteiger partial charge in [-0.1, -0.05) is 0 Å². The summed E-state index contributed by atoms with van der Waals surface area (Å²) in [5.74, 6) is -2.01. The van der Waals surface area contributed by atoms with Crippen molar-refractivity contribution in [1.29, 1.82) is 0 Å². The first-order valence-electron chi connectivity index (χ1n) is 9.53. The maximum Gasteiger partial charge on any atom is 0.368 e. The minimum atomic E-state index is -4.19. The van der Waals surface area contributed by atoms with Gasteiger partial charge in [-0.2, -0.15) is 0 Å². The fourth-order valence-corrected chi connectivity index (χ4v) is 5.77. The van der Waals surface area contributed by atoms with E-state index in [-0.39, 0.29) is 39.6 Å². The molecule has 0 aliphatic heterocycles. The van der Waals surface area contributed by atoms with Crippen LogP contribution in [0.4, 0.5) is 0 Å². The molecule has 0 amide bonds. The van der Waals surface area contributed by atoms with Gasteiger partial charge in [-0.05, 0) is 47.6 Å². The smallest absolute Gasteiger partial charge is 0.368 e. The zero-order valence-corrected chi connectivity index (χ0v) is 19.7. The predicted octanol–water partition coefficient (Wildman–Crippen LogP) is 3.90. The van der Waals surface area contributed by atoms with Crippen LogP contribution in [-0.4, -0.2) is 57.2 Å². The van der Waals surface area contributed by atoms with E-state index in [0.29, 0.717) is 0 Å². The molecule has 0 spiro atoms. The molecule has 0 saturated carbocycles. The standard InChI is InChI=1S/C17H32O10P2/c1-7-22-16(18)14(28(20,24-9-3)25-10-4)13-15(17(19)23-8-2)29(21,26-11-5)27-12-6/h13-14H,7-12H2,1-6H3/b15-13+. The number of esters is 2. The molecule has 0 aromatic carbocycles. The average molecular weight is 458 g/mol. The number of hydrogen-bond donors (Lipinski definition) is 0. The van der Waals surface area contributed by atoms with Crippen LogP contribution in [0.5, 0.6) is 0 Å². The molecule has 0 rings (SSSR count). The van der Waals surface area contributed by atoms with Gasteiger partial charge in [-0.15, -0.1) is 0 Å². The number of carbonyl (C=O) groups is 2. The Morgan fingerprint density at radius 3 is 1.55 bits per heavy atom. The fourth-order valence-electron chi connectivity index (χ4n) is 2.22. The van der Waals surface area contributed by atoms with Crippen molar-refractivity contribution in [1.82, 2.24) is 0 Å². The van der Waals surface area contributed by atoms with E-state index in [2.05, 4.69) is 0 Å². The first kappa shape index (κ1) is 28.0. The Morgan fingerprint density at radius 2 is 1.17 bits per heavy atom. The second kappa shape index (κ2) is 14.1. The highest BCUT2D eigenvalue weighted by atomic mass is 31.2. The third kappa shape index (κ3) is 8.32. The second-order valence-electron chi connectivity index (χ2n) is 5.18. The van der Waals surface area contributed by atoms with E-state index in [1.54, 1.807) is 41.5 Å². The number of hydrogen-bond acceptors (Lipinski definition) is 10. The summed E-state index contributed by atoms with van der Waals surface area (Å²) < 4.78 is 57.4. The van der Waals surface area contributed by atoms with Crippen LogP contribution in [-0.2, 0) is 46.3 Å². The van der Waals surface area contributed by atoms with Gasteiger partial charge in [0, 0.05) is 0 Å². The summed E-state index contributed by atoms with van der Waals surface area (Å²) in [6, 6.07) is 0. The Bertz CT molecular complexity index is 626. The molecule has 0 aromatic heterocycles. The van der Waals surface area contributed by atoms with Gasteiger partial charge in [-0.25, -0.2) is 4.79 Å². The Labute approximate surface area is 172 Å². The lowest BCUT2D eigenvalue weighted by molar-refractivity contribution is -0.142. The highest BCUT2D eigenvalue weighted by Gasteiger charge is 2.45. The SMILES string of the molecule is CCOC(=O)/C(=C\C(C(=O)OCC)P(=O)(OCC)OCC)P(=O)(OCC)OCC. The molecule has 1 atom stereocenters. The molecule has 170 valence electrons. The highest BCUT2D eigenvalue weighted by molar-refractivity contribution is 7.60. The van der Waals surface area contributed by atoms with Crippen LogP contribution in [0, 0.1) is 0 Å². The average Bonchev–Trinajstić information content (AvgIpc) is 2.63. The number of carbonyl (C=O) groups excluding carboxylic acids is 2. The van der Waals surface area contributed by atoms with E-state index >= 15 is 0 Å². The third-order valence-corrected chi connectivity index (χ3v) is 7.58. The van der Waals surface area contributed by atoms with Gasteiger partial charge in [0.25, 0.3) is 0 Å². The molecule has 0 N–H and O–H groups in total. The molecule has 0 aliphatic carbocycles. The molecular weight excluding hydrogens is 426 g/mol. The molecule has 0 bridgehead atoms. The lowest BCUT2D eigenvalue weighted by Crippen LogP contribution is -2.26. The van der Waals surface area contributed by atoms with Gasteiger partial charge in [0.1, 0.15) is 5.31 Å². The van der Waals surface area contributed by atoms with Crippen molar-refractivity contribution < 1.29 is 46.3 Å². The lowest BCUT2D eigenvalue weighted by atomic mass is 10.3. The van der Waals surface area contributed by atoms with E-state index in [0.717, 1.165) is 6.08 Å². The molecule has 0 heterocycles. The first-order chi connectivity index (χ1) is 13.7. The largest absolute Gasteiger partial charge is 0.465 e. The number of rotatable bonds is 15. The zero-order valence-electron chi connectivity index (χ0n) is 17.9. The summed E-state index contributed by atoms with van der Waals surface area (Å²) in [5.41, 5.74) is -1.67. The Hall–Kier alpha value is -1.02.